The summed E-state index contributed by atoms with van der Waals surface area (Å²) in [7, 11) is 0. The van der Waals surface area contributed by atoms with Gasteiger partial charge in [0.25, 0.3) is 5.91 Å². The fourth-order valence-corrected chi connectivity index (χ4v) is 4.88. The molecule has 3 rings (SSSR count). The van der Waals surface area contributed by atoms with Gasteiger partial charge in [0.1, 0.15) is 10.1 Å². The number of likely N-dealkylation sites (tertiary alicyclic amines) is 1. The molecule has 28 heavy (non-hydrogen) atoms. The van der Waals surface area contributed by atoms with Crippen molar-refractivity contribution in [3.05, 3.63) is 40.6 Å². The van der Waals surface area contributed by atoms with Crippen molar-refractivity contribution < 1.29 is 19.1 Å². The average molecular weight is 423 g/mol. The standard InChI is InChI=1S/C20H23FN2O3S2/c21-15-5-3-4-14(12-15)13-17-19(26)23(20(27)28-17)10-7-18(25)22-9-2-1-6-16(22)8-11-24/h3-5,12-13,16,24H,1-2,6-11H2/b17-13-. The number of nitrogens with zero attached hydrogens (tertiary/aromatic N) is 2. The van der Waals surface area contributed by atoms with Crippen LogP contribution < -0.4 is 0 Å². The van der Waals surface area contributed by atoms with Gasteiger partial charge in [0.05, 0.1) is 4.91 Å². The second-order valence-corrected chi connectivity index (χ2v) is 8.56. The molecule has 0 aromatic heterocycles. The van der Waals surface area contributed by atoms with Crippen LogP contribution in [0.5, 0.6) is 0 Å². The summed E-state index contributed by atoms with van der Waals surface area (Å²) in [5.74, 6) is -0.632. The second kappa shape index (κ2) is 9.62. The fourth-order valence-electron chi connectivity index (χ4n) is 3.57. The Hall–Kier alpha value is -1.77. The van der Waals surface area contributed by atoms with Gasteiger partial charge in [-0.1, -0.05) is 36.1 Å². The Balaban J connectivity index is 1.62. The largest absolute Gasteiger partial charge is 0.396 e. The molecule has 1 aromatic carbocycles. The van der Waals surface area contributed by atoms with Crippen molar-refractivity contribution in [3.8, 4) is 0 Å². The first-order valence-electron chi connectivity index (χ1n) is 9.41. The van der Waals surface area contributed by atoms with Crippen LogP contribution in [0.3, 0.4) is 0 Å². The zero-order chi connectivity index (χ0) is 20.1. The van der Waals surface area contributed by atoms with Crippen molar-refractivity contribution in [2.24, 2.45) is 0 Å². The van der Waals surface area contributed by atoms with Crippen LogP contribution in [0.1, 0.15) is 37.7 Å². The van der Waals surface area contributed by atoms with Gasteiger partial charge in [-0.3, -0.25) is 14.5 Å². The van der Waals surface area contributed by atoms with E-state index >= 15 is 0 Å². The first-order valence-corrected chi connectivity index (χ1v) is 10.6. The number of carbonyl (C=O) groups excluding carboxylic acids is 2. The third kappa shape index (κ3) is 4.98. The van der Waals surface area contributed by atoms with Gasteiger partial charge in [0, 0.05) is 32.2 Å². The molecule has 2 aliphatic rings. The molecule has 1 N–H and O–H groups in total. The number of halogens is 1. The highest BCUT2D eigenvalue weighted by molar-refractivity contribution is 8.26. The quantitative estimate of drug-likeness (QED) is 0.564. The smallest absolute Gasteiger partial charge is 0.266 e. The number of hydrogen-bond acceptors (Lipinski definition) is 5. The lowest BCUT2D eigenvalue weighted by Crippen LogP contribution is -2.45. The van der Waals surface area contributed by atoms with E-state index in [1.165, 1.54) is 28.8 Å². The van der Waals surface area contributed by atoms with Gasteiger partial charge in [-0.05, 0) is 49.5 Å². The molecule has 5 nitrogen and oxygen atoms in total. The monoisotopic (exact) mass is 422 g/mol. The Morgan fingerprint density at radius 1 is 1.39 bits per heavy atom. The maximum absolute atomic E-state index is 13.3. The second-order valence-electron chi connectivity index (χ2n) is 6.89. The van der Waals surface area contributed by atoms with Crippen molar-refractivity contribution in [2.45, 2.75) is 38.1 Å². The minimum atomic E-state index is -0.367. The molecule has 2 heterocycles. The molecule has 0 bridgehead atoms. The van der Waals surface area contributed by atoms with E-state index in [-0.39, 0.29) is 43.2 Å². The van der Waals surface area contributed by atoms with Crippen molar-refractivity contribution in [1.29, 1.82) is 0 Å². The Labute approximate surface area is 173 Å². The van der Waals surface area contributed by atoms with E-state index in [4.69, 9.17) is 12.2 Å². The number of hydrogen-bond donors (Lipinski definition) is 1. The number of amides is 2. The van der Waals surface area contributed by atoms with E-state index in [0.29, 0.717) is 27.8 Å². The Kier molecular flexibility index (Phi) is 7.20. The number of benzene rings is 1. The Morgan fingerprint density at radius 3 is 2.96 bits per heavy atom. The van der Waals surface area contributed by atoms with E-state index in [9.17, 15) is 19.1 Å². The molecular weight excluding hydrogens is 399 g/mol. The summed E-state index contributed by atoms with van der Waals surface area (Å²) in [6.07, 6.45) is 5.33. The number of carbonyl (C=O) groups is 2. The third-order valence-corrected chi connectivity index (χ3v) is 6.36. The molecule has 2 fully saturated rings. The molecule has 1 atom stereocenters. The molecule has 2 aliphatic heterocycles. The SMILES string of the molecule is O=C1/C(=C/c2cccc(F)c2)SC(=S)N1CCC(=O)N1CCCCC1CCO. The number of rotatable bonds is 6. The highest BCUT2D eigenvalue weighted by Crippen LogP contribution is 2.33. The summed E-state index contributed by atoms with van der Waals surface area (Å²) in [5.41, 5.74) is 0.594. The number of thiocarbonyl (C=S) groups is 1. The normalized spacial score (nSPS) is 21.6. The molecule has 2 saturated heterocycles. The van der Waals surface area contributed by atoms with E-state index in [1.54, 1.807) is 18.2 Å². The van der Waals surface area contributed by atoms with Crippen LogP contribution in [-0.4, -0.2) is 56.8 Å². The predicted octanol–water partition coefficient (Wildman–Crippen LogP) is 3.18. The van der Waals surface area contributed by atoms with Crippen LogP contribution in [-0.2, 0) is 9.59 Å². The number of piperidine rings is 1. The number of aliphatic hydroxyl groups is 1. The topological polar surface area (TPSA) is 60.9 Å². The van der Waals surface area contributed by atoms with Crippen LogP contribution in [0, 0.1) is 5.82 Å². The predicted molar refractivity (Wildman–Crippen MR) is 112 cm³/mol. The maximum Gasteiger partial charge on any atom is 0.266 e. The van der Waals surface area contributed by atoms with Crippen molar-refractivity contribution in [1.82, 2.24) is 9.80 Å². The van der Waals surface area contributed by atoms with Crippen molar-refractivity contribution >= 4 is 46.2 Å². The first-order chi connectivity index (χ1) is 13.5. The van der Waals surface area contributed by atoms with Gasteiger partial charge in [0.15, 0.2) is 0 Å². The van der Waals surface area contributed by atoms with Gasteiger partial charge < -0.3 is 10.0 Å². The molecule has 150 valence electrons. The molecule has 0 saturated carbocycles. The maximum atomic E-state index is 13.3. The Bertz CT molecular complexity index is 797. The zero-order valence-corrected chi connectivity index (χ0v) is 17.1. The molecule has 0 radical (unpaired) electrons. The van der Waals surface area contributed by atoms with Crippen LogP contribution in [0.15, 0.2) is 29.2 Å². The highest BCUT2D eigenvalue weighted by atomic mass is 32.2. The minimum absolute atomic E-state index is 0.0127. The van der Waals surface area contributed by atoms with Crippen LogP contribution in [0.2, 0.25) is 0 Å². The Morgan fingerprint density at radius 2 is 2.21 bits per heavy atom. The molecule has 0 aliphatic carbocycles. The van der Waals surface area contributed by atoms with Crippen molar-refractivity contribution in [2.75, 3.05) is 19.7 Å². The number of aliphatic hydroxyl groups excluding tert-OH is 1. The third-order valence-electron chi connectivity index (χ3n) is 4.98. The first kappa shape index (κ1) is 21.0. The van der Waals surface area contributed by atoms with E-state index < -0.39 is 0 Å². The summed E-state index contributed by atoms with van der Waals surface area (Å²) in [5, 5.41) is 9.22. The molecule has 2 amide bonds. The molecule has 8 heteroatoms. The van der Waals surface area contributed by atoms with E-state index in [1.807, 2.05) is 4.90 Å². The summed E-state index contributed by atoms with van der Waals surface area (Å²) < 4.78 is 13.8. The zero-order valence-electron chi connectivity index (χ0n) is 15.5. The van der Waals surface area contributed by atoms with Gasteiger partial charge in [-0.15, -0.1) is 0 Å². The summed E-state index contributed by atoms with van der Waals surface area (Å²) >= 11 is 6.47. The van der Waals surface area contributed by atoms with Gasteiger partial charge in [-0.25, -0.2) is 4.39 Å². The lowest BCUT2D eigenvalue weighted by molar-refractivity contribution is -0.135. The van der Waals surface area contributed by atoms with Crippen LogP contribution in [0.25, 0.3) is 6.08 Å². The van der Waals surface area contributed by atoms with Crippen LogP contribution in [0.4, 0.5) is 4.39 Å². The lowest BCUT2D eigenvalue weighted by Gasteiger charge is -2.36. The number of thioether (sulfide) groups is 1. The van der Waals surface area contributed by atoms with Crippen molar-refractivity contribution in [3.63, 3.8) is 0 Å². The van der Waals surface area contributed by atoms with Crippen LogP contribution >= 0.6 is 24.0 Å². The molecule has 0 spiro atoms. The highest BCUT2D eigenvalue weighted by Gasteiger charge is 2.33. The van der Waals surface area contributed by atoms with Gasteiger partial charge in [0.2, 0.25) is 5.91 Å². The summed E-state index contributed by atoms with van der Waals surface area (Å²) in [6, 6.07) is 6.08. The lowest BCUT2D eigenvalue weighted by atomic mass is 9.99. The average Bonchev–Trinajstić information content (AvgIpc) is 2.93. The van der Waals surface area contributed by atoms with E-state index in [0.717, 1.165) is 19.3 Å². The summed E-state index contributed by atoms with van der Waals surface area (Å²) in [6.45, 7) is 0.988. The molecular formula is C20H23FN2O3S2. The molecule has 1 aromatic rings. The summed E-state index contributed by atoms with van der Waals surface area (Å²) in [4.78, 5) is 29.0. The minimum Gasteiger partial charge on any atom is -0.396 e. The van der Waals surface area contributed by atoms with E-state index in [2.05, 4.69) is 0 Å². The fraction of sp³-hybridized carbons (Fsp3) is 0.450. The van der Waals surface area contributed by atoms with Gasteiger partial charge >= 0.3 is 0 Å². The molecule has 1 unspecified atom stereocenters. The van der Waals surface area contributed by atoms with Gasteiger partial charge in [-0.2, -0.15) is 0 Å².